The third-order valence-electron chi connectivity index (χ3n) is 4.03. The van der Waals surface area contributed by atoms with Crippen molar-refractivity contribution in [2.45, 2.75) is 24.9 Å². The van der Waals surface area contributed by atoms with Crippen LogP contribution in [0.4, 0.5) is 4.79 Å². The quantitative estimate of drug-likeness (QED) is 0.566. The van der Waals surface area contributed by atoms with Gasteiger partial charge in [0.25, 0.3) is 0 Å². The molecule has 3 rings (SSSR count). The lowest BCUT2D eigenvalue weighted by Crippen LogP contribution is -2.49. The molecule has 4 nitrogen and oxygen atoms in total. The van der Waals surface area contributed by atoms with Crippen molar-refractivity contribution < 1.29 is 9.53 Å². The van der Waals surface area contributed by atoms with E-state index in [1.807, 2.05) is 4.90 Å². The molecule has 0 unspecified atom stereocenters. The molecule has 0 aliphatic carbocycles. The Kier molecular flexibility index (Phi) is 1.74. The van der Waals surface area contributed by atoms with Gasteiger partial charge >= 0.3 is 6.09 Å². The molecule has 1 amide bonds. The van der Waals surface area contributed by atoms with E-state index in [4.69, 9.17) is 4.74 Å². The van der Waals surface area contributed by atoms with Crippen molar-refractivity contribution in [1.82, 2.24) is 9.80 Å². The van der Waals surface area contributed by atoms with Crippen molar-refractivity contribution in [3.8, 4) is 0 Å². The van der Waals surface area contributed by atoms with Gasteiger partial charge < -0.3 is 9.64 Å². The first-order valence-corrected chi connectivity index (χ1v) is 5.38. The Labute approximate surface area is 83.8 Å². The second kappa shape index (κ2) is 2.86. The van der Waals surface area contributed by atoms with Gasteiger partial charge in [-0.15, -0.1) is 0 Å². The van der Waals surface area contributed by atoms with Gasteiger partial charge in [0.2, 0.25) is 0 Å². The zero-order valence-electron chi connectivity index (χ0n) is 8.48. The van der Waals surface area contributed by atoms with Crippen LogP contribution in [0.25, 0.3) is 0 Å². The number of fused-ring (bicyclic) bond motifs is 3. The Bertz CT molecular complexity index is 269. The first-order valence-electron chi connectivity index (χ1n) is 5.38. The largest absolute Gasteiger partial charge is 0.453 e. The summed E-state index contributed by atoms with van der Waals surface area (Å²) in [5.41, 5.74) is 0. The zero-order valence-corrected chi connectivity index (χ0v) is 8.48. The highest BCUT2D eigenvalue weighted by Gasteiger charge is 2.50. The summed E-state index contributed by atoms with van der Waals surface area (Å²) in [7, 11) is 1.46. The van der Waals surface area contributed by atoms with E-state index in [-0.39, 0.29) is 6.09 Å². The lowest BCUT2D eigenvalue weighted by molar-refractivity contribution is 0.0812. The van der Waals surface area contributed by atoms with Gasteiger partial charge in [-0.05, 0) is 18.8 Å². The van der Waals surface area contributed by atoms with Gasteiger partial charge in [0.1, 0.15) is 0 Å². The molecule has 3 aliphatic rings. The molecule has 0 radical (unpaired) electrons. The summed E-state index contributed by atoms with van der Waals surface area (Å²) < 4.78 is 4.75. The van der Waals surface area contributed by atoms with E-state index < -0.39 is 0 Å². The first-order chi connectivity index (χ1) is 6.79. The van der Waals surface area contributed by atoms with Gasteiger partial charge in [-0.25, -0.2) is 4.79 Å². The van der Waals surface area contributed by atoms with Crippen LogP contribution in [0.2, 0.25) is 0 Å². The van der Waals surface area contributed by atoms with Crippen LogP contribution >= 0.6 is 0 Å². The molecule has 3 aliphatic heterocycles. The molecule has 0 saturated carbocycles. The molecule has 4 heteroatoms. The predicted octanol–water partition coefficient (Wildman–Crippen LogP) is 0.531. The van der Waals surface area contributed by atoms with E-state index in [1.165, 1.54) is 26.5 Å². The average molecular weight is 196 g/mol. The third kappa shape index (κ3) is 1.00. The number of nitrogens with zero attached hydrogens (tertiary/aromatic N) is 2. The van der Waals surface area contributed by atoms with Crippen LogP contribution < -0.4 is 0 Å². The van der Waals surface area contributed by atoms with Crippen molar-refractivity contribution in [3.63, 3.8) is 0 Å². The highest BCUT2D eigenvalue weighted by atomic mass is 16.5. The molecule has 3 saturated heterocycles. The van der Waals surface area contributed by atoms with E-state index in [0.717, 1.165) is 19.1 Å². The number of hydrogen-bond acceptors (Lipinski definition) is 3. The van der Waals surface area contributed by atoms with Crippen LogP contribution in [0.1, 0.15) is 12.8 Å². The standard InChI is InChI=1S/C10H16N2O2/c1-14-10(13)11-5-7-4-8-2-3-12(8)9(7)6-11/h7-9H,2-6H2,1H3/t7-,8-,9+/m0/s1. The van der Waals surface area contributed by atoms with Crippen LogP contribution in [-0.4, -0.2) is 54.7 Å². The van der Waals surface area contributed by atoms with Crippen LogP contribution in [0.3, 0.4) is 0 Å². The molecule has 0 aromatic rings. The summed E-state index contributed by atoms with van der Waals surface area (Å²) >= 11 is 0. The molecule has 0 aromatic heterocycles. The number of carbonyl (C=O) groups is 1. The predicted molar refractivity (Wildman–Crippen MR) is 51.0 cm³/mol. The summed E-state index contributed by atoms with van der Waals surface area (Å²) in [6.45, 7) is 3.03. The Balaban J connectivity index is 1.69. The number of ether oxygens (including phenoxy) is 1. The SMILES string of the molecule is COC(=O)N1C[C@@H]2C[C@@H]3CCN3[C@@H]2C1. The Morgan fingerprint density at radius 2 is 2.29 bits per heavy atom. The summed E-state index contributed by atoms with van der Waals surface area (Å²) in [6.07, 6.45) is 2.50. The van der Waals surface area contributed by atoms with E-state index in [1.54, 1.807) is 0 Å². The third-order valence-corrected chi connectivity index (χ3v) is 4.03. The van der Waals surface area contributed by atoms with Crippen molar-refractivity contribution in [2.75, 3.05) is 26.7 Å². The maximum absolute atomic E-state index is 11.3. The fraction of sp³-hybridized carbons (Fsp3) is 0.900. The molecular weight excluding hydrogens is 180 g/mol. The second-order valence-corrected chi connectivity index (χ2v) is 4.62. The lowest BCUT2D eigenvalue weighted by atomic mass is 10.0. The number of hydrogen-bond donors (Lipinski definition) is 0. The minimum absolute atomic E-state index is 0.156. The molecule has 0 N–H and O–H groups in total. The molecule has 78 valence electrons. The van der Waals surface area contributed by atoms with Crippen LogP contribution in [0.5, 0.6) is 0 Å². The van der Waals surface area contributed by atoms with Crippen LogP contribution in [-0.2, 0) is 4.74 Å². The Morgan fingerprint density at radius 3 is 2.93 bits per heavy atom. The summed E-state index contributed by atoms with van der Waals surface area (Å²) in [6, 6.07) is 1.47. The van der Waals surface area contributed by atoms with Crippen molar-refractivity contribution >= 4 is 6.09 Å². The van der Waals surface area contributed by atoms with Gasteiger partial charge in [0, 0.05) is 31.7 Å². The summed E-state index contributed by atoms with van der Waals surface area (Å²) in [4.78, 5) is 15.8. The van der Waals surface area contributed by atoms with E-state index in [9.17, 15) is 4.79 Å². The molecule has 3 fully saturated rings. The number of likely N-dealkylation sites (tertiary alicyclic amines) is 1. The number of carbonyl (C=O) groups excluding carboxylic acids is 1. The molecule has 0 spiro atoms. The van der Waals surface area contributed by atoms with Crippen molar-refractivity contribution in [3.05, 3.63) is 0 Å². The molecule has 3 heterocycles. The number of amides is 1. The van der Waals surface area contributed by atoms with Gasteiger partial charge in [0.15, 0.2) is 0 Å². The monoisotopic (exact) mass is 196 g/mol. The smallest absolute Gasteiger partial charge is 0.409 e. The maximum atomic E-state index is 11.3. The van der Waals surface area contributed by atoms with Crippen LogP contribution in [0.15, 0.2) is 0 Å². The molecule has 0 aromatic carbocycles. The minimum atomic E-state index is -0.156. The van der Waals surface area contributed by atoms with Crippen molar-refractivity contribution in [1.29, 1.82) is 0 Å². The maximum Gasteiger partial charge on any atom is 0.409 e. The molecular formula is C10H16N2O2. The van der Waals surface area contributed by atoms with E-state index >= 15 is 0 Å². The van der Waals surface area contributed by atoms with E-state index in [2.05, 4.69) is 4.90 Å². The zero-order chi connectivity index (χ0) is 9.71. The topological polar surface area (TPSA) is 32.8 Å². The summed E-state index contributed by atoms with van der Waals surface area (Å²) in [5.74, 6) is 0.710. The lowest BCUT2D eigenvalue weighted by Gasteiger charge is -2.39. The Morgan fingerprint density at radius 1 is 1.43 bits per heavy atom. The molecule has 3 atom stereocenters. The number of rotatable bonds is 0. The van der Waals surface area contributed by atoms with Gasteiger partial charge in [-0.1, -0.05) is 0 Å². The highest BCUT2D eigenvalue weighted by Crippen LogP contribution is 2.41. The average Bonchev–Trinajstić information content (AvgIpc) is 2.63. The Hall–Kier alpha value is -0.770. The normalized spacial score (nSPS) is 40.4. The van der Waals surface area contributed by atoms with Gasteiger partial charge in [0.05, 0.1) is 7.11 Å². The van der Waals surface area contributed by atoms with Gasteiger partial charge in [-0.2, -0.15) is 0 Å². The molecule has 14 heavy (non-hydrogen) atoms. The fourth-order valence-corrected chi connectivity index (χ4v) is 3.24. The molecule has 0 bridgehead atoms. The first kappa shape index (κ1) is 8.53. The second-order valence-electron chi connectivity index (χ2n) is 4.62. The fourth-order valence-electron chi connectivity index (χ4n) is 3.24. The van der Waals surface area contributed by atoms with E-state index in [0.29, 0.717) is 12.0 Å². The van der Waals surface area contributed by atoms with Gasteiger partial charge in [-0.3, -0.25) is 4.90 Å². The van der Waals surface area contributed by atoms with Crippen LogP contribution in [0, 0.1) is 5.92 Å². The van der Waals surface area contributed by atoms with Crippen molar-refractivity contribution in [2.24, 2.45) is 5.92 Å². The minimum Gasteiger partial charge on any atom is -0.453 e. The highest BCUT2D eigenvalue weighted by molar-refractivity contribution is 5.68. The summed E-state index contributed by atoms with van der Waals surface area (Å²) in [5, 5.41) is 0. The number of methoxy groups -OCH3 is 1.